The molecular formula is C121H116Ir3N4O6S-4. The van der Waals surface area contributed by atoms with Gasteiger partial charge in [-0.15, -0.1) is 106 Å². The van der Waals surface area contributed by atoms with E-state index < -0.39 is 50.5 Å². The number of fused-ring (bicyclic) bond motifs is 17. The van der Waals surface area contributed by atoms with Crippen LogP contribution in [0.25, 0.3) is 134 Å². The van der Waals surface area contributed by atoms with Crippen molar-refractivity contribution in [2.24, 2.45) is 28.6 Å². The second-order valence-corrected chi connectivity index (χ2v) is 36.8. The van der Waals surface area contributed by atoms with Gasteiger partial charge in [0.2, 0.25) is 0 Å². The summed E-state index contributed by atoms with van der Waals surface area (Å²) < 4.78 is 133. The predicted octanol–water partition coefficient (Wildman–Crippen LogP) is 32.6. The normalized spacial score (nSPS) is 14.0. The molecule has 0 amide bonds. The van der Waals surface area contributed by atoms with E-state index in [2.05, 4.69) is 125 Å². The minimum absolute atomic E-state index is 0. The minimum Gasteiger partial charge on any atom is -0.512 e. The smallest absolute Gasteiger partial charge is 0.159 e. The molecule has 16 aromatic rings. The first-order chi connectivity index (χ1) is 69.3. The van der Waals surface area contributed by atoms with Crippen LogP contribution in [0, 0.1) is 73.4 Å². The molecule has 12 aromatic carbocycles. The number of aliphatic hydroxyl groups is 2. The minimum atomic E-state index is -2.61. The van der Waals surface area contributed by atoms with E-state index in [1.807, 2.05) is 241 Å². The van der Waals surface area contributed by atoms with Gasteiger partial charge in [-0.25, -0.2) is 0 Å². The van der Waals surface area contributed by atoms with Crippen molar-refractivity contribution < 1.29 is 110 Å². The molecule has 3 aliphatic rings. The summed E-state index contributed by atoms with van der Waals surface area (Å²) in [6.45, 7) is 18.8. The summed E-state index contributed by atoms with van der Waals surface area (Å²) in [7, 11) is 0. The van der Waals surface area contributed by atoms with Gasteiger partial charge in [0.1, 0.15) is 11.5 Å². The summed E-state index contributed by atoms with van der Waals surface area (Å²) in [6, 6.07) is 103. The average molecular weight is 2350 g/mol. The van der Waals surface area contributed by atoms with E-state index in [1.54, 1.807) is 24.0 Å². The Morgan fingerprint density at radius 3 is 1.37 bits per heavy atom. The Hall–Kier alpha value is -11.9. The summed E-state index contributed by atoms with van der Waals surface area (Å²) in [6.07, 6.45) is 1.82. The SMILES string of the molecule is CC(=O)C=C(C)O.CC(C)CC(=O)C=C(O)CC(C)C.[2H]C([2H])([2H])c1c[c-]c(-c2cc(C([2H])([2H])[2H])c(C([2H])([2H])[2H])cn2)cc1.[2H]C([2H])(c1cc(-c2[c-]cc3c(c2)Oc2ccccc2-c2ccccc2-3)nc2ccccc12)C(C)(C)C.[2H]C([2H])(c1cc(-c2[c-]cc3c(c2)Oc2ccccc2-c2ccccc2-3)nc2ccccc12)C(C)C.[2H]C([2H])(c1ccnc(-c2[c-]cc3c(c2)-c2ccccc2-c2ccccc2S3)c1)C(C)(C)C.[Ir].[Ir].[Ir]. The molecule has 19 rings (SSSR count). The molecule has 7 heterocycles. The third kappa shape index (κ3) is 27.3. The zero-order chi connectivity index (χ0) is 106. The van der Waals surface area contributed by atoms with Crippen LogP contribution in [0.1, 0.15) is 164 Å². The topological polar surface area (TPSA) is 145 Å². The van der Waals surface area contributed by atoms with Gasteiger partial charge in [-0.1, -0.05) is 323 Å². The van der Waals surface area contributed by atoms with Gasteiger partial charge in [-0.3, -0.25) is 19.6 Å². The van der Waals surface area contributed by atoms with E-state index in [1.165, 1.54) is 71.9 Å². The van der Waals surface area contributed by atoms with Crippen molar-refractivity contribution in [2.75, 3.05) is 0 Å². The van der Waals surface area contributed by atoms with Gasteiger partial charge >= 0.3 is 0 Å². The molecule has 0 saturated carbocycles. The van der Waals surface area contributed by atoms with Crippen molar-refractivity contribution in [3.8, 4) is 135 Å². The van der Waals surface area contributed by atoms with Gasteiger partial charge in [0.25, 0.3) is 0 Å². The Bertz CT molecular complexity index is 7640. The Kier molecular flexibility index (Phi) is 29.1. The number of aromatic nitrogens is 4. The Morgan fingerprint density at radius 1 is 0.415 bits per heavy atom. The van der Waals surface area contributed by atoms with E-state index in [4.69, 9.17) is 45.1 Å². The molecule has 0 unspecified atom stereocenters. The van der Waals surface area contributed by atoms with Crippen LogP contribution in [0.4, 0.5) is 0 Å². The fraction of sp³-hybridized carbons (Fsp3) is 0.223. The molecule has 10 nitrogen and oxygen atoms in total. The summed E-state index contributed by atoms with van der Waals surface area (Å²) in [5.41, 5.74) is 20.2. The van der Waals surface area contributed by atoms with E-state index in [-0.39, 0.29) is 112 Å². The first-order valence-corrected chi connectivity index (χ1v) is 45.0. The quantitative estimate of drug-likeness (QED) is 0.0610. The number of hydrogen-bond acceptors (Lipinski definition) is 11. The van der Waals surface area contributed by atoms with Crippen LogP contribution in [0.5, 0.6) is 23.0 Å². The van der Waals surface area contributed by atoms with Crippen molar-refractivity contribution in [3.63, 3.8) is 0 Å². The molecule has 693 valence electrons. The number of carbonyl (C=O) groups excluding carboxylic acids is 2. The fourth-order valence-corrected chi connectivity index (χ4v) is 16.6. The van der Waals surface area contributed by atoms with E-state index in [0.29, 0.717) is 58.3 Å². The molecule has 4 aromatic heterocycles. The van der Waals surface area contributed by atoms with Crippen LogP contribution < -0.4 is 9.47 Å². The van der Waals surface area contributed by atoms with Gasteiger partial charge < -0.3 is 29.7 Å². The van der Waals surface area contributed by atoms with Crippen LogP contribution >= 0.6 is 11.8 Å². The number of ether oxygens (including phenoxy) is 2. The molecule has 135 heavy (non-hydrogen) atoms. The molecule has 3 aliphatic heterocycles. The van der Waals surface area contributed by atoms with E-state index in [9.17, 15) is 14.7 Å². The molecule has 0 saturated heterocycles. The van der Waals surface area contributed by atoms with E-state index in [0.717, 1.165) is 128 Å². The van der Waals surface area contributed by atoms with Crippen LogP contribution in [0.3, 0.4) is 0 Å². The zero-order valence-electron chi connectivity index (χ0n) is 92.7. The van der Waals surface area contributed by atoms with Crippen LogP contribution in [0.2, 0.25) is 0 Å². The number of ketones is 2. The molecule has 0 aliphatic carbocycles. The van der Waals surface area contributed by atoms with E-state index >= 15 is 0 Å². The molecule has 0 bridgehead atoms. The molecular weight excluding hydrogens is 2210 g/mol. The Morgan fingerprint density at radius 2 is 0.874 bits per heavy atom. The number of aliphatic hydroxyl groups excluding tert-OH is 2. The van der Waals surface area contributed by atoms with Crippen LogP contribution in [0.15, 0.2) is 325 Å². The first kappa shape index (κ1) is 83.7. The maximum atomic E-state index is 11.2. The number of rotatable bonds is 14. The summed E-state index contributed by atoms with van der Waals surface area (Å²) in [5.74, 6) is 3.81. The monoisotopic (exact) mass is 2350 g/mol. The zero-order valence-corrected chi connectivity index (χ0v) is 85.7. The second kappa shape index (κ2) is 47.0. The van der Waals surface area contributed by atoms with Crippen molar-refractivity contribution >= 4 is 45.1 Å². The van der Waals surface area contributed by atoms with Crippen molar-refractivity contribution in [1.29, 1.82) is 0 Å². The van der Waals surface area contributed by atoms with Gasteiger partial charge in [-0.2, -0.15) is 0 Å². The van der Waals surface area contributed by atoms with Gasteiger partial charge in [0, 0.05) is 145 Å². The molecule has 0 fully saturated rings. The van der Waals surface area contributed by atoms with Gasteiger partial charge in [0.05, 0.1) is 34.1 Å². The standard InChI is InChI=1S/C32H26NO.C31H24NO.C28H24NS.C14H14N.C11H20O2.C5H8O2.3Ir/c1-32(2,3)20-22-18-29(33-28-14-8-6-10-23(22)28)21-16-17-27-25-12-5-4-11-24(25)26-13-7-9-15-30(26)34-31(27)19-21;1-20(2)17-22-18-29(32-28-13-7-5-9-23(22)28)21-15-16-27-25-11-4-3-10-24(25)26-12-6-8-14-30(26)33-31(27)19-21;1-28(2,3)18-19-14-15-29-25(16-19)20-12-13-27-24(17-20)22-9-5-4-8-21(22)23-10-6-7-11-26(23)30-27;1-10-4-6-13(7-5-10)14-8-11(2)12(3)9-15-14;1-8(2)5-10(12)7-11(13)6-9(3)4;1-4(6)3-5(2)7;;;/h4-15,17-19H,20H2,1-3H3;3-14,16,18-20H,17H2,1-2H3;4-11,13-17H,18H2,1-3H3;4-6,8-9H,1-3H3;7-9,12H,5-6H2,1-4H3;3,6H,1-2H3;;;/q4*-1;;;;;/i20D2;17D2;18D2;1D3,2D3,3D3;;;;;. The number of allylic oxidation sites excluding steroid dienone is 4. The molecule has 0 atom stereocenters. The number of aryl methyl sites for hydroxylation is 3. The number of carbonyl (C=O) groups is 2. The molecule has 0 spiro atoms. The number of benzene rings is 12. The van der Waals surface area contributed by atoms with Crippen molar-refractivity contribution in [1.82, 2.24) is 19.9 Å². The van der Waals surface area contributed by atoms with Crippen LogP contribution in [-0.2, 0) is 89.0 Å². The summed E-state index contributed by atoms with van der Waals surface area (Å²) in [4.78, 5) is 42.0. The second-order valence-electron chi connectivity index (χ2n) is 35.7. The number of pyridine rings is 4. The number of para-hydroxylation sites is 4. The molecule has 2 N–H and O–H groups in total. The van der Waals surface area contributed by atoms with Crippen molar-refractivity contribution in [3.05, 3.63) is 373 Å². The third-order valence-electron chi connectivity index (χ3n) is 21.0. The average Bonchev–Trinajstić information content (AvgIpc) is 1.58. The third-order valence-corrected chi connectivity index (χ3v) is 22.2. The van der Waals surface area contributed by atoms with Gasteiger partial charge in [-0.05, 0) is 190 Å². The Labute approximate surface area is 864 Å². The molecule has 14 heteroatoms. The van der Waals surface area contributed by atoms with Crippen LogP contribution in [-0.4, -0.2) is 41.7 Å². The summed E-state index contributed by atoms with van der Waals surface area (Å²) in [5, 5.41) is 19.4. The Balaban J connectivity index is 0.000000179. The molecule has 3 radical (unpaired) electrons. The maximum Gasteiger partial charge on any atom is 0.159 e. The first-order valence-electron chi connectivity index (χ1n) is 51.7. The maximum absolute atomic E-state index is 11.2. The number of hydrogen-bond donors (Lipinski definition) is 2. The van der Waals surface area contributed by atoms with Crippen molar-refractivity contribution in [2.45, 2.75) is 159 Å². The number of nitrogens with zero attached hydrogens (tertiary/aromatic N) is 4. The largest absolute Gasteiger partial charge is 0.512 e. The van der Waals surface area contributed by atoms with Gasteiger partial charge in [0.15, 0.2) is 11.6 Å². The predicted molar refractivity (Wildman–Crippen MR) is 547 cm³/mol. The summed E-state index contributed by atoms with van der Waals surface area (Å²) >= 11 is 1.76. The fourth-order valence-electron chi connectivity index (χ4n) is 15.6.